The summed E-state index contributed by atoms with van der Waals surface area (Å²) in [6, 6.07) is 7.93. The van der Waals surface area contributed by atoms with Gasteiger partial charge in [-0.05, 0) is 60.9 Å². The Hall–Kier alpha value is -5.27. The highest BCUT2D eigenvalue weighted by atomic mass is 19.4. The smallest absolute Gasteiger partial charge is 0.408 e. The van der Waals surface area contributed by atoms with Crippen molar-refractivity contribution < 1.29 is 45.4 Å². The van der Waals surface area contributed by atoms with Crippen molar-refractivity contribution >= 4 is 39.4 Å². The number of nitrogens with zero attached hydrogens (tertiary/aromatic N) is 2. The molecule has 2 heterocycles. The van der Waals surface area contributed by atoms with Crippen LogP contribution in [0.25, 0.3) is 32.9 Å². The summed E-state index contributed by atoms with van der Waals surface area (Å²) in [5, 5.41) is 14.9. The van der Waals surface area contributed by atoms with Gasteiger partial charge in [-0.2, -0.15) is 13.2 Å². The summed E-state index contributed by atoms with van der Waals surface area (Å²) in [5.74, 6) is -8.14. The van der Waals surface area contributed by atoms with E-state index in [1.54, 1.807) is 6.07 Å². The van der Waals surface area contributed by atoms with E-state index in [9.17, 15) is 41.0 Å². The normalized spacial score (nSPS) is 13.3. The largest absolute Gasteiger partial charge is 0.480 e. The minimum Gasteiger partial charge on any atom is -0.480 e. The van der Waals surface area contributed by atoms with Crippen LogP contribution < -0.4 is 10.6 Å². The van der Waals surface area contributed by atoms with E-state index in [1.165, 1.54) is 56.6 Å². The van der Waals surface area contributed by atoms with Crippen molar-refractivity contribution in [2.45, 2.75) is 57.8 Å². The highest BCUT2D eigenvalue weighted by molar-refractivity contribution is 6.05. The standard InChI is InChI=1S/C35H29F7N4O3/c1-4-27(35(40,41)42)45-19-13-17(2)28(25(37)15-19)32(47)46-26(33(48)49)14-18-9-10-22(30-20(18)7-5-11-43-30)29-23(34(3,38)39)16-24(36)21-8-6-12-44-31(21)29/h5-13,15-16,26-27,45H,4,14H2,1-3H3,(H,46,47)(H,48,49)/t26-,27+/m0/s1. The molecule has 14 heteroatoms. The van der Waals surface area contributed by atoms with E-state index in [-0.39, 0.29) is 51.6 Å². The number of rotatable bonds is 10. The van der Waals surface area contributed by atoms with Gasteiger partial charge in [0, 0.05) is 58.9 Å². The number of pyridine rings is 2. The zero-order valence-corrected chi connectivity index (χ0v) is 26.2. The molecule has 0 saturated heterocycles. The minimum absolute atomic E-state index is 0.00387. The Labute approximate surface area is 275 Å². The number of carboxylic acid groups (broad SMARTS) is 1. The zero-order chi connectivity index (χ0) is 35.8. The third-order valence-electron chi connectivity index (χ3n) is 8.13. The second-order valence-electron chi connectivity index (χ2n) is 11.6. The van der Waals surface area contributed by atoms with Crippen LogP contribution in [0.3, 0.4) is 0 Å². The first-order valence-corrected chi connectivity index (χ1v) is 15.0. The molecule has 0 bridgehead atoms. The molecule has 0 fully saturated rings. The summed E-state index contributed by atoms with van der Waals surface area (Å²) in [6.45, 7) is 3.23. The summed E-state index contributed by atoms with van der Waals surface area (Å²) in [4.78, 5) is 34.1. The SMILES string of the molecule is CC[C@@H](Nc1cc(C)c(C(=O)N[C@@H](Cc2ccc(-c3c(C(C)(F)F)cc(F)c4cccnc34)c3ncccc23)C(=O)O)c(F)c1)C(F)(F)F. The van der Waals surface area contributed by atoms with Gasteiger partial charge < -0.3 is 15.7 Å². The van der Waals surface area contributed by atoms with Crippen molar-refractivity contribution in [3.05, 3.63) is 101 Å². The second kappa shape index (κ2) is 13.3. The first-order chi connectivity index (χ1) is 23.0. The van der Waals surface area contributed by atoms with Crippen LogP contribution in [0.5, 0.6) is 0 Å². The number of benzene rings is 3. The Balaban J connectivity index is 1.51. The van der Waals surface area contributed by atoms with Crippen LogP contribution >= 0.6 is 0 Å². The molecule has 2 aromatic heterocycles. The number of nitrogens with one attached hydrogen (secondary N) is 2. The molecular weight excluding hydrogens is 657 g/mol. The number of hydrogen-bond donors (Lipinski definition) is 3. The molecule has 0 spiro atoms. The van der Waals surface area contributed by atoms with Crippen LogP contribution in [0.1, 0.15) is 47.3 Å². The van der Waals surface area contributed by atoms with Gasteiger partial charge in [-0.15, -0.1) is 0 Å². The predicted molar refractivity (Wildman–Crippen MR) is 169 cm³/mol. The van der Waals surface area contributed by atoms with E-state index in [2.05, 4.69) is 20.6 Å². The minimum atomic E-state index is -4.60. The van der Waals surface area contributed by atoms with Gasteiger partial charge in [0.1, 0.15) is 23.7 Å². The number of carboxylic acids is 1. The lowest BCUT2D eigenvalue weighted by atomic mass is 9.89. The van der Waals surface area contributed by atoms with Crippen molar-refractivity contribution in [3.63, 3.8) is 0 Å². The van der Waals surface area contributed by atoms with Crippen LogP contribution in [0.15, 0.2) is 67.0 Å². The fourth-order valence-electron chi connectivity index (χ4n) is 5.81. The summed E-state index contributed by atoms with van der Waals surface area (Å²) >= 11 is 0. The van der Waals surface area contributed by atoms with Gasteiger partial charge in [-0.3, -0.25) is 14.8 Å². The molecule has 5 aromatic rings. The number of amides is 1. The lowest BCUT2D eigenvalue weighted by Crippen LogP contribution is -2.43. The molecule has 0 aliphatic rings. The topological polar surface area (TPSA) is 104 Å². The van der Waals surface area contributed by atoms with Gasteiger partial charge in [0.2, 0.25) is 0 Å². The van der Waals surface area contributed by atoms with Crippen molar-refractivity contribution in [2.24, 2.45) is 0 Å². The number of fused-ring (bicyclic) bond motifs is 2. The van der Waals surface area contributed by atoms with Crippen molar-refractivity contribution in [2.75, 3.05) is 5.32 Å². The fourth-order valence-corrected chi connectivity index (χ4v) is 5.81. The molecule has 7 nitrogen and oxygen atoms in total. The molecule has 3 aromatic carbocycles. The van der Waals surface area contributed by atoms with E-state index in [4.69, 9.17) is 0 Å². The number of hydrogen-bond acceptors (Lipinski definition) is 5. The van der Waals surface area contributed by atoms with E-state index < -0.39 is 58.8 Å². The van der Waals surface area contributed by atoms with Crippen LogP contribution in [0.2, 0.25) is 0 Å². The zero-order valence-electron chi connectivity index (χ0n) is 26.2. The number of halogens is 7. The second-order valence-corrected chi connectivity index (χ2v) is 11.6. The van der Waals surface area contributed by atoms with Gasteiger partial charge in [0.15, 0.2) is 0 Å². The molecule has 49 heavy (non-hydrogen) atoms. The van der Waals surface area contributed by atoms with Gasteiger partial charge in [0.05, 0.1) is 16.6 Å². The molecule has 1 amide bonds. The Morgan fingerprint density at radius 2 is 1.55 bits per heavy atom. The van der Waals surface area contributed by atoms with Gasteiger partial charge in [-0.1, -0.05) is 25.1 Å². The molecule has 2 atom stereocenters. The summed E-state index contributed by atoms with van der Waals surface area (Å²) in [5.41, 5.74) is -0.841. The van der Waals surface area contributed by atoms with Crippen molar-refractivity contribution in [1.29, 1.82) is 0 Å². The van der Waals surface area contributed by atoms with Crippen molar-refractivity contribution in [1.82, 2.24) is 15.3 Å². The van der Waals surface area contributed by atoms with E-state index in [0.717, 1.165) is 18.2 Å². The number of alkyl halides is 5. The lowest BCUT2D eigenvalue weighted by molar-refractivity contribution is -0.143. The number of carbonyl (C=O) groups excluding carboxylic acids is 1. The Morgan fingerprint density at radius 3 is 2.14 bits per heavy atom. The molecule has 3 N–H and O–H groups in total. The van der Waals surface area contributed by atoms with Crippen LogP contribution in [0, 0.1) is 18.6 Å². The maximum Gasteiger partial charge on any atom is 0.408 e. The van der Waals surface area contributed by atoms with Gasteiger partial charge in [-0.25, -0.2) is 22.4 Å². The van der Waals surface area contributed by atoms with Crippen LogP contribution in [-0.4, -0.2) is 45.2 Å². The Kier molecular flexibility index (Phi) is 9.53. The predicted octanol–water partition coefficient (Wildman–Crippen LogP) is 8.33. The fraction of sp³-hybridized carbons (Fsp3) is 0.257. The third kappa shape index (κ3) is 7.13. The summed E-state index contributed by atoms with van der Waals surface area (Å²) in [6.07, 6.45) is -2.55. The van der Waals surface area contributed by atoms with Crippen LogP contribution in [-0.2, 0) is 17.1 Å². The summed E-state index contributed by atoms with van der Waals surface area (Å²) < 4.78 is 99.6. The average Bonchev–Trinajstić information content (AvgIpc) is 3.02. The molecule has 0 unspecified atom stereocenters. The molecule has 256 valence electrons. The number of carbonyl (C=O) groups is 2. The Morgan fingerprint density at radius 1 is 0.898 bits per heavy atom. The summed E-state index contributed by atoms with van der Waals surface area (Å²) in [7, 11) is 0. The van der Waals surface area contributed by atoms with Gasteiger partial charge in [0.25, 0.3) is 11.8 Å². The molecule has 0 aliphatic heterocycles. The first kappa shape index (κ1) is 35.0. The molecule has 0 saturated carbocycles. The highest BCUT2D eigenvalue weighted by Gasteiger charge is 2.38. The third-order valence-corrected chi connectivity index (χ3v) is 8.13. The molecule has 5 rings (SSSR count). The van der Waals surface area contributed by atoms with E-state index in [0.29, 0.717) is 17.9 Å². The molecule has 0 aliphatic carbocycles. The molecule has 0 radical (unpaired) electrons. The Bertz CT molecular complexity index is 2060. The number of aryl methyl sites for hydroxylation is 1. The number of aromatic nitrogens is 2. The molecular formula is C35H29F7N4O3. The number of anilines is 1. The number of aliphatic carboxylic acids is 1. The monoisotopic (exact) mass is 686 g/mol. The quantitative estimate of drug-likeness (QED) is 0.128. The van der Waals surface area contributed by atoms with Gasteiger partial charge >= 0.3 is 12.1 Å². The highest BCUT2D eigenvalue weighted by Crippen LogP contribution is 2.43. The van der Waals surface area contributed by atoms with E-state index >= 15 is 4.39 Å². The van der Waals surface area contributed by atoms with E-state index in [1.807, 2.05) is 0 Å². The lowest BCUT2D eigenvalue weighted by Gasteiger charge is -2.22. The first-order valence-electron chi connectivity index (χ1n) is 15.0. The average molecular weight is 687 g/mol. The van der Waals surface area contributed by atoms with Crippen molar-refractivity contribution in [3.8, 4) is 11.1 Å². The maximum atomic E-state index is 15.1. The maximum absolute atomic E-state index is 15.1. The van der Waals surface area contributed by atoms with Crippen LogP contribution in [0.4, 0.5) is 36.4 Å².